The molecule has 0 spiro atoms. The largest absolute Gasteiger partial charge is 0.494 e. The van der Waals surface area contributed by atoms with Crippen molar-refractivity contribution in [2.45, 2.75) is 32.4 Å². The van der Waals surface area contributed by atoms with E-state index in [9.17, 15) is 20.1 Å². The minimum absolute atomic E-state index is 0.0592. The average Bonchev–Trinajstić information content (AvgIpc) is 3.15. The second-order valence-electron chi connectivity index (χ2n) is 7.95. The molecule has 0 unspecified atom stereocenters. The molecule has 0 amide bonds. The second-order valence-corrected chi connectivity index (χ2v) is 8.31. The van der Waals surface area contributed by atoms with E-state index in [2.05, 4.69) is 12.6 Å². The smallest absolute Gasteiger partial charge is 0.261 e. The maximum atomic E-state index is 13.2. The summed E-state index contributed by atoms with van der Waals surface area (Å²) in [5.41, 5.74) is 2.82. The number of hydrogen-bond donors (Lipinski definition) is 3. The molecular weight excluding hydrogens is 438 g/mol. The van der Waals surface area contributed by atoms with Gasteiger partial charge in [0.25, 0.3) is 5.56 Å². The van der Waals surface area contributed by atoms with Crippen LogP contribution in [0.15, 0.2) is 53.8 Å². The number of benzene rings is 2. The number of nitrogens with zero attached hydrogens (tertiary/aromatic N) is 3. The molecule has 0 bridgehead atoms. The van der Waals surface area contributed by atoms with Crippen molar-refractivity contribution in [3.63, 3.8) is 0 Å². The Balaban J connectivity index is 1.86. The lowest BCUT2D eigenvalue weighted by Gasteiger charge is -2.17. The molecule has 2 aromatic carbocycles. The van der Waals surface area contributed by atoms with Gasteiger partial charge >= 0.3 is 0 Å². The minimum atomic E-state index is -0.361. The summed E-state index contributed by atoms with van der Waals surface area (Å²) < 4.78 is 5.12. The fraction of sp³-hybridized carbons (Fsp3) is 0.280. The van der Waals surface area contributed by atoms with Crippen LogP contribution < -0.4 is 5.56 Å². The van der Waals surface area contributed by atoms with Crippen molar-refractivity contribution in [1.82, 2.24) is 13.7 Å². The van der Waals surface area contributed by atoms with Crippen LogP contribution in [-0.2, 0) is 19.5 Å². The predicted octanol–water partition coefficient (Wildman–Crippen LogP) is 3.65. The summed E-state index contributed by atoms with van der Waals surface area (Å²) in [6.07, 6.45) is 2.78. The number of aliphatic hydroxyl groups is 2. The molecule has 0 aliphatic carbocycles. The Morgan fingerprint density at radius 2 is 1.61 bits per heavy atom. The molecule has 8 heteroatoms. The molecular formula is C25H27N3O4S. The van der Waals surface area contributed by atoms with Crippen LogP contribution in [0, 0.1) is 4.77 Å². The molecule has 0 atom stereocenters. The lowest BCUT2D eigenvalue weighted by Crippen LogP contribution is -2.29. The van der Waals surface area contributed by atoms with Gasteiger partial charge in [0.1, 0.15) is 0 Å². The number of aliphatic hydroxyl groups excluding tert-OH is 2. The predicted molar refractivity (Wildman–Crippen MR) is 133 cm³/mol. The molecule has 3 N–H and O–H groups in total. The van der Waals surface area contributed by atoms with Crippen LogP contribution >= 0.6 is 12.2 Å². The van der Waals surface area contributed by atoms with E-state index < -0.39 is 0 Å². The molecule has 4 aromatic rings. The summed E-state index contributed by atoms with van der Waals surface area (Å²) in [6, 6.07) is 14.0. The Labute approximate surface area is 196 Å². The Hall–Kier alpha value is -3.20. The molecule has 2 heterocycles. The summed E-state index contributed by atoms with van der Waals surface area (Å²) in [6.45, 7) is 4.35. The summed E-state index contributed by atoms with van der Waals surface area (Å²) >= 11 is 5.44. The molecule has 0 radical (unpaired) electrons. The highest BCUT2D eigenvalue weighted by atomic mass is 32.1. The Morgan fingerprint density at radius 1 is 0.939 bits per heavy atom. The van der Waals surface area contributed by atoms with E-state index in [1.165, 1.54) is 9.13 Å². The third-order valence-electron chi connectivity index (χ3n) is 5.91. The minimum Gasteiger partial charge on any atom is -0.494 e. The fourth-order valence-electron chi connectivity index (χ4n) is 4.32. The highest BCUT2D eigenvalue weighted by Gasteiger charge is 2.18. The topological polar surface area (TPSA) is 92.6 Å². The van der Waals surface area contributed by atoms with E-state index in [-0.39, 0.29) is 48.0 Å². The van der Waals surface area contributed by atoms with E-state index in [1.807, 2.05) is 41.0 Å². The van der Waals surface area contributed by atoms with Gasteiger partial charge in [0.2, 0.25) is 5.88 Å². The first-order valence-corrected chi connectivity index (χ1v) is 11.3. The highest BCUT2D eigenvalue weighted by molar-refractivity contribution is 7.71. The SMILES string of the molecule is C=Cn1c2ccccc2c2cc(Cc3c(O)n(CCCO)c(=S)n(CCCO)c3=O)ccc21. The second kappa shape index (κ2) is 9.74. The summed E-state index contributed by atoms with van der Waals surface area (Å²) in [5.74, 6) is -0.174. The standard InChI is InChI=1S/C25H27N3O4S/c1-2-26-21-8-4-3-7-18(21)19-15-17(9-10-22(19)26)16-20-23(31)27(11-5-13-29)25(33)28(24(20)32)12-6-14-30/h2-4,7-10,15,29-31H,1,5-6,11-14,16H2. The lowest BCUT2D eigenvalue weighted by molar-refractivity contribution is 0.268. The van der Waals surface area contributed by atoms with Gasteiger partial charge < -0.3 is 19.9 Å². The van der Waals surface area contributed by atoms with Crippen molar-refractivity contribution < 1.29 is 15.3 Å². The van der Waals surface area contributed by atoms with Crippen LogP contribution in [0.3, 0.4) is 0 Å². The zero-order valence-corrected chi connectivity index (χ0v) is 19.1. The van der Waals surface area contributed by atoms with Gasteiger partial charge in [-0.05, 0) is 48.8 Å². The molecule has 0 saturated carbocycles. The fourth-order valence-corrected chi connectivity index (χ4v) is 4.67. The van der Waals surface area contributed by atoms with Crippen molar-refractivity contribution in [2.75, 3.05) is 13.2 Å². The van der Waals surface area contributed by atoms with Crippen LogP contribution in [0.5, 0.6) is 5.88 Å². The van der Waals surface area contributed by atoms with E-state index >= 15 is 0 Å². The number of fused-ring (bicyclic) bond motifs is 3. The average molecular weight is 466 g/mol. The number of rotatable bonds is 9. The van der Waals surface area contributed by atoms with E-state index in [0.29, 0.717) is 19.4 Å². The van der Waals surface area contributed by atoms with Crippen LogP contribution in [-0.4, -0.2) is 42.2 Å². The summed E-state index contributed by atoms with van der Waals surface area (Å²) in [7, 11) is 0. The zero-order valence-electron chi connectivity index (χ0n) is 18.3. The van der Waals surface area contributed by atoms with E-state index in [4.69, 9.17) is 12.2 Å². The van der Waals surface area contributed by atoms with Gasteiger partial charge in [0, 0.05) is 49.7 Å². The molecule has 0 aliphatic heterocycles. The maximum Gasteiger partial charge on any atom is 0.261 e. The molecule has 0 aliphatic rings. The zero-order chi connectivity index (χ0) is 23.5. The number of hydrogen-bond acceptors (Lipinski definition) is 5. The number of para-hydroxylation sites is 1. The maximum absolute atomic E-state index is 13.2. The molecule has 2 aromatic heterocycles. The van der Waals surface area contributed by atoms with Gasteiger partial charge in [-0.1, -0.05) is 30.8 Å². The third-order valence-corrected chi connectivity index (χ3v) is 6.35. The molecule has 0 saturated heterocycles. The van der Waals surface area contributed by atoms with Crippen molar-refractivity contribution in [1.29, 1.82) is 0 Å². The molecule has 4 rings (SSSR count). The quantitative estimate of drug-likeness (QED) is 0.328. The van der Waals surface area contributed by atoms with Gasteiger partial charge in [0.05, 0.1) is 16.6 Å². The molecule has 172 valence electrons. The first-order valence-electron chi connectivity index (χ1n) is 10.9. The van der Waals surface area contributed by atoms with Crippen LogP contribution in [0.1, 0.15) is 24.0 Å². The van der Waals surface area contributed by atoms with Crippen molar-refractivity contribution in [3.05, 3.63) is 75.3 Å². The lowest BCUT2D eigenvalue weighted by atomic mass is 10.0. The normalized spacial score (nSPS) is 11.5. The summed E-state index contributed by atoms with van der Waals surface area (Å²) in [4.78, 5) is 13.2. The summed E-state index contributed by atoms with van der Waals surface area (Å²) in [5, 5.41) is 31.6. The molecule has 0 fully saturated rings. The molecule has 33 heavy (non-hydrogen) atoms. The Bertz CT molecular complexity index is 1450. The third kappa shape index (κ3) is 4.13. The van der Waals surface area contributed by atoms with Gasteiger partial charge in [-0.3, -0.25) is 13.9 Å². The number of aromatic hydroxyl groups is 1. The van der Waals surface area contributed by atoms with Crippen molar-refractivity contribution in [3.8, 4) is 5.88 Å². The van der Waals surface area contributed by atoms with Gasteiger partial charge in [-0.2, -0.15) is 0 Å². The number of aromatic nitrogens is 3. The van der Waals surface area contributed by atoms with Gasteiger partial charge in [-0.25, -0.2) is 0 Å². The Kier molecular flexibility index (Phi) is 6.78. The first kappa shape index (κ1) is 23.0. The van der Waals surface area contributed by atoms with Gasteiger partial charge in [-0.15, -0.1) is 0 Å². The van der Waals surface area contributed by atoms with Gasteiger partial charge in [0.15, 0.2) is 4.77 Å². The highest BCUT2D eigenvalue weighted by Crippen LogP contribution is 2.31. The first-order chi connectivity index (χ1) is 16.0. The molecule has 7 nitrogen and oxygen atoms in total. The van der Waals surface area contributed by atoms with E-state index in [0.717, 1.165) is 27.4 Å². The van der Waals surface area contributed by atoms with Crippen LogP contribution in [0.25, 0.3) is 28.0 Å². The van der Waals surface area contributed by atoms with Crippen molar-refractivity contribution >= 4 is 40.2 Å². The van der Waals surface area contributed by atoms with Crippen LogP contribution in [0.4, 0.5) is 0 Å². The van der Waals surface area contributed by atoms with E-state index in [1.54, 1.807) is 6.20 Å². The Morgan fingerprint density at radius 3 is 2.30 bits per heavy atom. The van der Waals surface area contributed by atoms with Crippen molar-refractivity contribution in [2.24, 2.45) is 0 Å². The van der Waals surface area contributed by atoms with Crippen LogP contribution in [0.2, 0.25) is 0 Å². The monoisotopic (exact) mass is 465 g/mol.